The number of thioether (sulfide) groups is 1. The maximum Gasteiger partial charge on any atom is 0.234 e. The molecule has 0 saturated heterocycles. The first-order valence-corrected chi connectivity index (χ1v) is 10.4. The molecule has 150 valence electrons. The number of carbonyl (C=O) groups excluding carboxylic acids is 1. The first-order valence-electron chi connectivity index (χ1n) is 9.42. The lowest BCUT2D eigenvalue weighted by molar-refractivity contribution is -0.113. The number of benzene rings is 3. The molecule has 0 fully saturated rings. The lowest BCUT2D eigenvalue weighted by Gasteiger charge is -2.10. The van der Waals surface area contributed by atoms with Crippen molar-refractivity contribution >= 4 is 23.4 Å². The van der Waals surface area contributed by atoms with Gasteiger partial charge in [0.1, 0.15) is 17.3 Å². The minimum Gasteiger partial charge on any atom is -0.457 e. The molecule has 1 aromatic heterocycles. The fourth-order valence-corrected chi connectivity index (χ4v) is 3.70. The average Bonchev–Trinajstić information content (AvgIpc) is 3.14. The van der Waals surface area contributed by atoms with E-state index in [1.807, 2.05) is 90.4 Å². The van der Waals surface area contributed by atoms with Crippen LogP contribution in [0.1, 0.15) is 5.82 Å². The number of nitrogens with one attached hydrogen (secondary N) is 1. The van der Waals surface area contributed by atoms with Gasteiger partial charge < -0.3 is 10.1 Å². The van der Waals surface area contributed by atoms with E-state index in [4.69, 9.17) is 4.74 Å². The van der Waals surface area contributed by atoms with Crippen molar-refractivity contribution in [2.45, 2.75) is 12.1 Å². The number of anilines is 1. The number of rotatable bonds is 7. The van der Waals surface area contributed by atoms with Crippen LogP contribution in [0.25, 0.3) is 5.69 Å². The Hall–Kier alpha value is -3.58. The number of ether oxygens (including phenoxy) is 1. The van der Waals surface area contributed by atoms with E-state index >= 15 is 0 Å². The molecule has 3 aromatic carbocycles. The van der Waals surface area contributed by atoms with E-state index in [1.165, 1.54) is 11.8 Å². The second-order valence-corrected chi connectivity index (χ2v) is 7.42. The summed E-state index contributed by atoms with van der Waals surface area (Å²) >= 11 is 1.34. The lowest BCUT2D eigenvalue weighted by Crippen LogP contribution is -2.14. The van der Waals surface area contributed by atoms with Gasteiger partial charge in [-0.1, -0.05) is 54.2 Å². The molecule has 0 aliphatic rings. The van der Waals surface area contributed by atoms with E-state index in [0.717, 1.165) is 17.3 Å². The number of aromatic nitrogens is 3. The fourth-order valence-electron chi connectivity index (χ4n) is 2.90. The highest BCUT2D eigenvalue weighted by Gasteiger charge is 2.13. The highest BCUT2D eigenvalue weighted by Crippen LogP contribution is 2.25. The fraction of sp³-hybridized carbons (Fsp3) is 0.0870. The summed E-state index contributed by atoms with van der Waals surface area (Å²) in [5, 5.41) is 11.9. The summed E-state index contributed by atoms with van der Waals surface area (Å²) in [6, 6.07) is 26.7. The van der Waals surface area contributed by atoms with Crippen LogP contribution in [0.3, 0.4) is 0 Å². The van der Waals surface area contributed by atoms with Crippen LogP contribution in [-0.2, 0) is 4.79 Å². The summed E-state index contributed by atoms with van der Waals surface area (Å²) < 4.78 is 7.76. The Labute approximate surface area is 178 Å². The highest BCUT2D eigenvalue weighted by atomic mass is 32.2. The predicted molar refractivity (Wildman–Crippen MR) is 118 cm³/mol. The minimum atomic E-state index is -0.128. The zero-order valence-electron chi connectivity index (χ0n) is 16.4. The summed E-state index contributed by atoms with van der Waals surface area (Å²) in [5.74, 6) is 2.26. The van der Waals surface area contributed by atoms with Crippen molar-refractivity contribution in [3.8, 4) is 17.2 Å². The Morgan fingerprint density at radius 2 is 1.63 bits per heavy atom. The van der Waals surface area contributed by atoms with Crippen molar-refractivity contribution in [2.75, 3.05) is 11.1 Å². The summed E-state index contributed by atoms with van der Waals surface area (Å²) in [7, 11) is 0. The molecule has 0 saturated carbocycles. The first kappa shape index (κ1) is 19.7. The van der Waals surface area contributed by atoms with Gasteiger partial charge in [-0.3, -0.25) is 9.36 Å². The number of hydrogen-bond donors (Lipinski definition) is 1. The molecule has 6 nitrogen and oxygen atoms in total. The average molecular weight is 417 g/mol. The molecule has 0 spiro atoms. The number of carbonyl (C=O) groups is 1. The third-order valence-corrected chi connectivity index (χ3v) is 5.17. The van der Waals surface area contributed by atoms with Crippen LogP contribution in [0.2, 0.25) is 0 Å². The normalized spacial score (nSPS) is 10.6. The number of nitrogens with zero attached hydrogens (tertiary/aromatic N) is 3. The molecule has 0 aliphatic heterocycles. The quantitative estimate of drug-likeness (QED) is 0.425. The van der Waals surface area contributed by atoms with Crippen LogP contribution >= 0.6 is 11.8 Å². The van der Waals surface area contributed by atoms with E-state index in [9.17, 15) is 4.79 Å². The molecule has 4 rings (SSSR count). The summed E-state index contributed by atoms with van der Waals surface area (Å²) in [4.78, 5) is 12.5. The van der Waals surface area contributed by atoms with E-state index in [-0.39, 0.29) is 11.7 Å². The second-order valence-electron chi connectivity index (χ2n) is 6.48. The Balaban J connectivity index is 1.39. The van der Waals surface area contributed by atoms with Gasteiger partial charge in [0.15, 0.2) is 5.16 Å². The van der Waals surface area contributed by atoms with Crippen LogP contribution in [0, 0.1) is 6.92 Å². The molecular formula is C23H20N4O2S. The molecule has 0 bridgehead atoms. The Morgan fingerprint density at radius 3 is 2.40 bits per heavy atom. The van der Waals surface area contributed by atoms with Gasteiger partial charge in [-0.25, -0.2) is 0 Å². The van der Waals surface area contributed by atoms with Gasteiger partial charge in [0.25, 0.3) is 0 Å². The van der Waals surface area contributed by atoms with Crippen LogP contribution in [0.4, 0.5) is 5.69 Å². The summed E-state index contributed by atoms with van der Waals surface area (Å²) in [6.07, 6.45) is 0. The third-order valence-electron chi connectivity index (χ3n) is 4.24. The first-order chi connectivity index (χ1) is 14.7. The Morgan fingerprint density at radius 1 is 0.933 bits per heavy atom. The molecular weight excluding hydrogens is 396 g/mol. The van der Waals surface area contributed by atoms with E-state index in [2.05, 4.69) is 15.5 Å². The Kier molecular flexibility index (Phi) is 6.10. The molecule has 0 aliphatic carbocycles. The second kappa shape index (κ2) is 9.28. The van der Waals surface area contributed by atoms with Gasteiger partial charge >= 0.3 is 0 Å². The van der Waals surface area contributed by atoms with Crippen molar-refractivity contribution in [2.24, 2.45) is 0 Å². The molecule has 1 N–H and O–H groups in total. The van der Waals surface area contributed by atoms with Crippen molar-refractivity contribution in [1.82, 2.24) is 14.8 Å². The highest BCUT2D eigenvalue weighted by molar-refractivity contribution is 7.99. The van der Waals surface area contributed by atoms with Crippen LogP contribution in [0.15, 0.2) is 90.1 Å². The standard InChI is InChI=1S/C23H20N4O2S/c1-17-25-26-23(27(17)19-10-4-2-5-11-19)30-16-22(28)24-18-9-8-14-21(15-18)29-20-12-6-3-7-13-20/h2-15H,16H2,1H3,(H,24,28). The van der Waals surface area contributed by atoms with Crippen LogP contribution in [0.5, 0.6) is 11.5 Å². The smallest absolute Gasteiger partial charge is 0.234 e. The number of aryl methyl sites for hydroxylation is 1. The van der Waals surface area contributed by atoms with Gasteiger partial charge in [-0.05, 0) is 43.3 Å². The Bertz CT molecular complexity index is 1130. The molecule has 7 heteroatoms. The number of para-hydroxylation sites is 2. The largest absolute Gasteiger partial charge is 0.457 e. The van der Waals surface area contributed by atoms with Crippen molar-refractivity contribution in [3.05, 3.63) is 90.8 Å². The SMILES string of the molecule is Cc1nnc(SCC(=O)Nc2cccc(Oc3ccccc3)c2)n1-c1ccccc1. The number of amides is 1. The van der Waals surface area contributed by atoms with Crippen molar-refractivity contribution in [3.63, 3.8) is 0 Å². The van der Waals surface area contributed by atoms with E-state index < -0.39 is 0 Å². The van der Waals surface area contributed by atoms with Crippen LogP contribution < -0.4 is 10.1 Å². The topological polar surface area (TPSA) is 69.0 Å². The minimum absolute atomic E-state index is 0.128. The molecule has 0 radical (unpaired) electrons. The van der Waals surface area contributed by atoms with Crippen LogP contribution in [-0.4, -0.2) is 26.4 Å². The number of hydrogen-bond acceptors (Lipinski definition) is 5. The molecule has 0 atom stereocenters. The third kappa shape index (κ3) is 4.87. The van der Waals surface area contributed by atoms with Gasteiger partial charge in [0, 0.05) is 17.4 Å². The van der Waals surface area contributed by atoms with Gasteiger partial charge in [0.05, 0.1) is 5.75 Å². The molecule has 1 amide bonds. The summed E-state index contributed by atoms with van der Waals surface area (Å²) in [6.45, 7) is 1.89. The zero-order chi connectivity index (χ0) is 20.8. The monoisotopic (exact) mass is 416 g/mol. The van der Waals surface area contributed by atoms with Crippen molar-refractivity contribution in [1.29, 1.82) is 0 Å². The van der Waals surface area contributed by atoms with E-state index in [1.54, 1.807) is 6.07 Å². The van der Waals surface area contributed by atoms with Gasteiger partial charge in [0.2, 0.25) is 5.91 Å². The molecule has 0 unspecified atom stereocenters. The molecule has 30 heavy (non-hydrogen) atoms. The van der Waals surface area contributed by atoms with Gasteiger partial charge in [-0.2, -0.15) is 0 Å². The maximum absolute atomic E-state index is 12.5. The summed E-state index contributed by atoms with van der Waals surface area (Å²) in [5.41, 5.74) is 1.64. The molecule has 1 heterocycles. The zero-order valence-corrected chi connectivity index (χ0v) is 17.2. The van der Waals surface area contributed by atoms with Gasteiger partial charge in [-0.15, -0.1) is 10.2 Å². The molecule has 4 aromatic rings. The predicted octanol–water partition coefficient (Wildman–Crippen LogP) is 5.10. The lowest BCUT2D eigenvalue weighted by atomic mass is 10.3. The van der Waals surface area contributed by atoms with E-state index in [0.29, 0.717) is 16.6 Å². The van der Waals surface area contributed by atoms with Crippen molar-refractivity contribution < 1.29 is 9.53 Å². The maximum atomic E-state index is 12.5.